The minimum Gasteiger partial charge on any atom is -0.219 e. The Morgan fingerprint density at radius 2 is 1.24 bits per heavy atom. The molecule has 3 aromatic rings. The summed E-state index contributed by atoms with van der Waals surface area (Å²) in [6, 6.07) is 28.2. The van der Waals surface area contributed by atoms with E-state index in [1.54, 1.807) is 30.3 Å². The van der Waals surface area contributed by atoms with Crippen LogP contribution in [0, 0.1) is 0 Å². The maximum Gasteiger partial charge on any atom is 0.202 e. The zero-order valence-corrected chi connectivity index (χ0v) is 14.7. The molecule has 3 aromatic carbocycles. The standard InChI is InChI=1S/C22H20O2S/c23-25(24,21-14-8-3-9-15-21)22(18-20-12-6-2-7-13-20)17-16-19-10-4-1-5-11-19/h1-15,18H,16-17H2/b22-18+. The van der Waals surface area contributed by atoms with Crippen LogP contribution >= 0.6 is 0 Å². The van der Waals surface area contributed by atoms with Gasteiger partial charge < -0.3 is 0 Å². The molecule has 2 nitrogen and oxygen atoms in total. The summed E-state index contributed by atoms with van der Waals surface area (Å²) in [5, 5.41) is 0. The highest BCUT2D eigenvalue weighted by Gasteiger charge is 2.20. The molecule has 0 aromatic heterocycles. The van der Waals surface area contributed by atoms with Crippen molar-refractivity contribution in [2.24, 2.45) is 0 Å². The maximum absolute atomic E-state index is 13.1. The number of sulfone groups is 1. The third-order valence-corrected chi connectivity index (χ3v) is 5.93. The Hall–Kier alpha value is -2.65. The van der Waals surface area contributed by atoms with Crippen molar-refractivity contribution in [2.45, 2.75) is 17.7 Å². The first-order valence-electron chi connectivity index (χ1n) is 8.26. The highest BCUT2D eigenvalue weighted by Crippen LogP contribution is 2.25. The molecule has 0 aliphatic carbocycles. The number of hydrogen-bond donors (Lipinski definition) is 0. The van der Waals surface area contributed by atoms with E-state index in [0.717, 1.165) is 11.1 Å². The Morgan fingerprint density at radius 1 is 0.720 bits per heavy atom. The predicted molar refractivity (Wildman–Crippen MR) is 103 cm³/mol. The van der Waals surface area contributed by atoms with Crippen LogP contribution in [0.3, 0.4) is 0 Å². The van der Waals surface area contributed by atoms with Crippen LogP contribution in [0.15, 0.2) is 101 Å². The first-order valence-corrected chi connectivity index (χ1v) is 9.74. The van der Waals surface area contributed by atoms with Gasteiger partial charge in [-0.05, 0) is 42.2 Å². The number of rotatable bonds is 6. The smallest absolute Gasteiger partial charge is 0.202 e. The third kappa shape index (κ3) is 4.46. The molecule has 25 heavy (non-hydrogen) atoms. The molecule has 0 N–H and O–H groups in total. The fourth-order valence-electron chi connectivity index (χ4n) is 2.68. The fourth-order valence-corrected chi connectivity index (χ4v) is 4.16. The SMILES string of the molecule is O=S(=O)(/C(=C/c1ccccc1)CCc1ccccc1)c1ccccc1. The molecule has 0 spiro atoms. The summed E-state index contributed by atoms with van der Waals surface area (Å²) in [7, 11) is -3.51. The summed E-state index contributed by atoms with van der Waals surface area (Å²) >= 11 is 0. The van der Waals surface area contributed by atoms with Crippen molar-refractivity contribution in [2.75, 3.05) is 0 Å². The van der Waals surface area contributed by atoms with Crippen molar-refractivity contribution in [3.8, 4) is 0 Å². The van der Waals surface area contributed by atoms with Gasteiger partial charge in [-0.1, -0.05) is 78.9 Å². The molecule has 0 saturated heterocycles. The van der Waals surface area contributed by atoms with Crippen LogP contribution in [-0.4, -0.2) is 8.42 Å². The molecule has 3 rings (SSSR count). The van der Waals surface area contributed by atoms with Crippen molar-refractivity contribution < 1.29 is 8.42 Å². The molecule has 0 heterocycles. The molecular weight excluding hydrogens is 328 g/mol. The van der Waals surface area contributed by atoms with Crippen LogP contribution in [0.1, 0.15) is 17.5 Å². The fraction of sp³-hybridized carbons (Fsp3) is 0.0909. The lowest BCUT2D eigenvalue weighted by Gasteiger charge is -2.10. The van der Waals surface area contributed by atoms with Crippen molar-refractivity contribution in [1.82, 2.24) is 0 Å². The predicted octanol–water partition coefficient (Wildman–Crippen LogP) is 5.13. The van der Waals surface area contributed by atoms with Gasteiger partial charge in [0.2, 0.25) is 9.84 Å². The van der Waals surface area contributed by atoms with E-state index in [1.807, 2.05) is 66.7 Å². The number of benzene rings is 3. The Balaban J connectivity index is 1.96. The summed E-state index contributed by atoms with van der Waals surface area (Å²) in [6.45, 7) is 0. The molecule has 0 atom stereocenters. The quantitative estimate of drug-likeness (QED) is 0.618. The van der Waals surface area contributed by atoms with E-state index in [1.165, 1.54) is 0 Å². The zero-order chi connectivity index (χ0) is 17.5. The second kappa shape index (κ2) is 7.95. The lowest BCUT2D eigenvalue weighted by molar-refractivity contribution is 0.600. The van der Waals surface area contributed by atoms with E-state index < -0.39 is 9.84 Å². The van der Waals surface area contributed by atoms with Crippen molar-refractivity contribution in [1.29, 1.82) is 0 Å². The van der Waals surface area contributed by atoms with Gasteiger partial charge in [0.25, 0.3) is 0 Å². The first kappa shape index (κ1) is 17.2. The van der Waals surface area contributed by atoms with Gasteiger partial charge in [-0.2, -0.15) is 0 Å². The summed E-state index contributed by atoms with van der Waals surface area (Å²) < 4.78 is 26.2. The first-order chi connectivity index (χ1) is 12.2. The minimum absolute atomic E-state index is 0.338. The summed E-state index contributed by atoms with van der Waals surface area (Å²) in [5.74, 6) is 0. The Morgan fingerprint density at radius 3 is 1.84 bits per heavy atom. The van der Waals surface area contributed by atoms with Crippen LogP contribution in [0.4, 0.5) is 0 Å². The molecule has 0 radical (unpaired) electrons. The lowest BCUT2D eigenvalue weighted by Crippen LogP contribution is -2.06. The Bertz CT molecular complexity index is 929. The van der Waals surface area contributed by atoms with Crippen LogP contribution in [-0.2, 0) is 16.3 Å². The Labute approximate surface area is 149 Å². The molecule has 0 aliphatic heterocycles. The monoisotopic (exact) mass is 348 g/mol. The van der Waals surface area contributed by atoms with Crippen molar-refractivity contribution in [3.63, 3.8) is 0 Å². The van der Waals surface area contributed by atoms with Gasteiger partial charge >= 0.3 is 0 Å². The second-order valence-electron chi connectivity index (χ2n) is 5.82. The minimum atomic E-state index is -3.51. The van der Waals surface area contributed by atoms with E-state index in [2.05, 4.69) is 0 Å². The van der Waals surface area contributed by atoms with E-state index in [-0.39, 0.29) is 0 Å². The number of allylic oxidation sites excluding steroid dienone is 1. The van der Waals surface area contributed by atoms with Crippen molar-refractivity contribution in [3.05, 3.63) is 107 Å². The lowest BCUT2D eigenvalue weighted by atomic mass is 10.1. The molecule has 0 unspecified atom stereocenters. The van der Waals surface area contributed by atoms with Crippen LogP contribution in [0.25, 0.3) is 6.08 Å². The molecule has 0 fully saturated rings. The average molecular weight is 348 g/mol. The maximum atomic E-state index is 13.1. The topological polar surface area (TPSA) is 34.1 Å². The number of aryl methyl sites for hydroxylation is 1. The normalized spacial score (nSPS) is 12.1. The third-order valence-electron chi connectivity index (χ3n) is 4.03. The largest absolute Gasteiger partial charge is 0.219 e. The van der Waals surface area contributed by atoms with Gasteiger partial charge in [0.15, 0.2) is 0 Å². The molecule has 3 heteroatoms. The molecule has 0 amide bonds. The average Bonchev–Trinajstić information content (AvgIpc) is 2.67. The van der Waals surface area contributed by atoms with Crippen LogP contribution < -0.4 is 0 Å². The van der Waals surface area contributed by atoms with Gasteiger partial charge in [-0.3, -0.25) is 0 Å². The van der Waals surface area contributed by atoms with Gasteiger partial charge in [-0.25, -0.2) is 8.42 Å². The van der Waals surface area contributed by atoms with Crippen molar-refractivity contribution >= 4 is 15.9 Å². The second-order valence-corrected chi connectivity index (χ2v) is 7.83. The van der Waals surface area contributed by atoms with Gasteiger partial charge in [-0.15, -0.1) is 0 Å². The number of hydrogen-bond acceptors (Lipinski definition) is 2. The molecular formula is C22H20O2S. The molecule has 126 valence electrons. The van der Waals surface area contributed by atoms with Crippen LogP contribution in [0.5, 0.6) is 0 Å². The highest BCUT2D eigenvalue weighted by atomic mass is 32.2. The van der Waals surface area contributed by atoms with Gasteiger partial charge in [0, 0.05) is 0 Å². The summed E-state index contributed by atoms with van der Waals surface area (Å²) in [4.78, 5) is 0.777. The highest BCUT2D eigenvalue weighted by molar-refractivity contribution is 7.95. The van der Waals surface area contributed by atoms with E-state index in [9.17, 15) is 8.42 Å². The van der Waals surface area contributed by atoms with Gasteiger partial charge in [0.1, 0.15) is 0 Å². The Kier molecular flexibility index (Phi) is 5.46. The van der Waals surface area contributed by atoms with Crippen LogP contribution in [0.2, 0.25) is 0 Å². The summed E-state index contributed by atoms with van der Waals surface area (Å²) in [6.07, 6.45) is 2.94. The summed E-state index contributed by atoms with van der Waals surface area (Å²) in [5.41, 5.74) is 2.02. The van der Waals surface area contributed by atoms with Gasteiger partial charge in [0.05, 0.1) is 9.80 Å². The van der Waals surface area contributed by atoms with E-state index in [0.29, 0.717) is 22.6 Å². The zero-order valence-electron chi connectivity index (χ0n) is 13.9. The molecule has 0 saturated carbocycles. The van der Waals surface area contributed by atoms with E-state index in [4.69, 9.17) is 0 Å². The molecule has 0 aliphatic rings. The molecule has 0 bridgehead atoms. The van der Waals surface area contributed by atoms with E-state index >= 15 is 0 Å².